The number of carboxylic acid groups (broad SMARTS) is 1. The molecule has 1 aliphatic heterocycles. The molecule has 24 heavy (non-hydrogen) atoms. The maximum atomic E-state index is 13.0. The molecule has 0 saturated carbocycles. The fraction of sp³-hybridized carbons (Fsp3) is 0.267. The van der Waals surface area contributed by atoms with Crippen molar-refractivity contribution in [2.45, 2.75) is 23.9 Å². The Balaban J connectivity index is 2.05. The van der Waals surface area contributed by atoms with Gasteiger partial charge in [0.05, 0.1) is 27.4 Å². The zero-order valence-corrected chi connectivity index (χ0v) is 14.7. The second-order valence-corrected chi connectivity index (χ2v) is 8.14. The Morgan fingerprint density at radius 2 is 1.96 bits per heavy atom. The summed E-state index contributed by atoms with van der Waals surface area (Å²) in [6.07, 6.45) is 1.50. The molecule has 128 valence electrons. The van der Waals surface area contributed by atoms with Crippen molar-refractivity contribution in [2.24, 2.45) is 0 Å². The third-order valence-corrected chi connectivity index (χ3v) is 6.62. The first-order chi connectivity index (χ1) is 11.3. The highest BCUT2D eigenvalue weighted by Gasteiger charge is 2.37. The van der Waals surface area contributed by atoms with E-state index in [9.17, 15) is 18.3 Å². The first kappa shape index (κ1) is 17.3. The van der Waals surface area contributed by atoms with Crippen LogP contribution >= 0.6 is 23.2 Å². The van der Waals surface area contributed by atoms with Gasteiger partial charge in [0, 0.05) is 25.0 Å². The van der Waals surface area contributed by atoms with Gasteiger partial charge in [0.15, 0.2) is 0 Å². The van der Waals surface area contributed by atoms with Crippen LogP contribution in [-0.4, -0.2) is 34.9 Å². The lowest BCUT2D eigenvalue weighted by atomic mass is 10.1. The van der Waals surface area contributed by atoms with Gasteiger partial charge in [-0.1, -0.05) is 23.2 Å². The molecule has 6 nitrogen and oxygen atoms in total. The fourth-order valence-electron chi connectivity index (χ4n) is 2.88. The number of hydrogen-bond donors (Lipinski definition) is 1. The number of halogens is 2. The molecular weight excluding hydrogens is 375 g/mol. The van der Waals surface area contributed by atoms with E-state index in [0.29, 0.717) is 12.2 Å². The number of carbonyl (C=O) groups is 1. The summed E-state index contributed by atoms with van der Waals surface area (Å²) in [5.74, 6) is -1.07. The van der Waals surface area contributed by atoms with Gasteiger partial charge in [-0.15, -0.1) is 0 Å². The summed E-state index contributed by atoms with van der Waals surface area (Å²) in [5.41, 5.74) is 0.660. The number of nitrogens with zero attached hydrogens (tertiary/aromatic N) is 2. The molecule has 2 heterocycles. The van der Waals surface area contributed by atoms with Gasteiger partial charge in [-0.05, 0) is 30.3 Å². The van der Waals surface area contributed by atoms with E-state index in [0.717, 1.165) is 0 Å². The molecule has 1 aromatic heterocycles. The van der Waals surface area contributed by atoms with Crippen LogP contribution in [0.25, 0.3) is 0 Å². The van der Waals surface area contributed by atoms with Crippen LogP contribution in [0.1, 0.15) is 18.2 Å². The molecule has 0 radical (unpaired) electrons. The minimum absolute atomic E-state index is 0.00713. The molecule has 1 aliphatic rings. The highest BCUT2D eigenvalue weighted by molar-refractivity contribution is 7.89. The Morgan fingerprint density at radius 1 is 1.21 bits per heavy atom. The van der Waals surface area contributed by atoms with E-state index in [1.54, 1.807) is 12.1 Å². The van der Waals surface area contributed by atoms with Crippen molar-refractivity contribution in [1.82, 2.24) is 8.87 Å². The Kier molecular flexibility index (Phi) is 4.61. The standard InChI is InChI=1S/C15H14Cl2N2O4S/c16-11-4-3-10(8-12(11)17)24(22,23)19-7-6-18-5-1-2-13(18)14(19)9-15(20)21/h1-5,8,14H,6-7,9H2,(H,20,21). The van der Waals surface area contributed by atoms with Crippen LogP contribution in [-0.2, 0) is 21.4 Å². The molecule has 0 spiro atoms. The average Bonchev–Trinajstić information content (AvgIpc) is 2.98. The lowest BCUT2D eigenvalue weighted by Crippen LogP contribution is -2.42. The van der Waals surface area contributed by atoms with Gasteiger partial charge in [-0.3, -0.25) is 4.79 Å². The Hall–Kier alpha value is -1.54. The number of aliphatic carboxylic acids is 1. The molecule has 2 aromatic rings. The minimum Gasteiger partial charge on any atom is -0.481 e. The zero-order valence-electron chi connectivity index (χ0n) is 12.4. The first-order valence-electron chi connectivity index (χ1n) is 7.14. The molecule has 0 amide bonds. The molecule has 0 saturated heterocycles. The van der Waals surface area contributed by atoms with E-state index in [2.05, 4.69) is 0 Å². The SMILES string of the molecule is O=C(O)CC1c2cccn2CCN1S(=O)(=O)c1ccc(Cl)c(Cl)c1. The molecule has 1 unspecified atom stereocenters. The molecule has 0 aliphatic carbocycles. The van der Waals surface area contributed by atoms with E-state index >= 15 is 0 Å². The monoisotopic (exact) mass is 388 g/mol. The summed E-state index contributed by atoms with van der Waals surface area (Å²) in [6, 6.07) is 6.81. The Bertz CT molecular complexity index is 895. The molecule has 0 bridgehead atoms. The van der Waals surface area contributed by atoms with Gasteiger partial charge in [-0.2, -0.15) is 4.31 Å². The highest BCUT2D eigenvalue weighted by atomic mass is 35.5. The van der Waals surface area contributed by atoms with Crippen molar-refractivity contribution < 1.29 is 18.3 Å². The number of fused-ring (bicyclic) bond motifs is 1. The molecule has 9 heteroatoms. The van der Waals surface area contributed by atoms with E-state index in [1.165, 1.54) is 22.5 Å². The van der Waals surface area contributed by atoms with Crippen LogP contribution in [0.2, 0.25) is 10.0 Å². The first-order valence-corrected chi connectivity index (χ1v) is 9.34. The molecule has 1 aromatic carbocycles. The minimum atomic E-state index is -3.90. The summed E-state index contributed by atoms with van der Waals surface area (Å²) in [5, 5.41) is 9.58. The average molecular weight is 389 g/mol. The van der Waals surface area contributed by atoms with Crippen LogP contribution in [0.15, 0.2) is 41.4 Å². The van der Waals surface area contributed by atoms with Crippen molar-refractivity contribution >= 4 is 39.2 Å². The Labute approximate surface area is 149 Å². The summed E-state index contributed by atoms with van der Waals surface area (Å²) in [6.45, 7) is 0.640. The third kappa shape index (κ3) is 3.04. The molecule has 1 atom stereocenters. The van der Waals surface area contributed by atoms with Crippen LogP contribution in [0.5, 0.6) is 0 Å². The summed E-state index contributed by atoms with van der Waals surface area (Å²) in [4.78, 5) is 11.2. The Morgan fingerprint density at radius 3 is 2.62 bits per heavy atom. The fourth-order valence-corrected chi connectivity index (χ4v) is 4.86. The maximum absolute atomic E-state index is 13.0. The number of rotatable bonds is 4. The smallest absolute Gasteiger partial charge is 0.305 e. The van der Waals surface area contributed by atoms with Crippen molar-refractivity contribution in [2.75, 3.05) is 6.54 Å². The predicted molar refractivity (Wildman–Crippen MR) is 89.8 cm³/mol. The zero-order chi connectivity index (χ0) is 17.5. The number of sulfonamides is 1. The highest BCUT2D eigenvalue weighted by Crippen LogP contribution is 2.35. The van der Waals surface area contributed by atoms with E-state index in [1.807, 2.05) is 10.8 Å². The normalized spacial score (nSPS) is 18.3. The van der Waals surface area contributed by atoms with Crippen LogP contribution in [0.3, 0.4) is 0 Å². The lowest BCUT2D eigenvalue weighted by Gasteiger charge is -2.35. The summed E-state index contributed by atoms with van der Waals surface area (Å²) in [7, 11) is -3.90. The number of hydrogen-bond acceptors (Lipinski definition) is 3. The lowest BCUT2D eigenvalue weighted by molar-refractivity contribution is -0.138. The van der Waals surface area contributed by atoms with E-state index < -0.39 is 22.0 Å². The van der Waals surface area contributed by atoms with Gasteiger partial charge < -0.3 is 9.67 Å². The quantitative estimate of drug-likeness (QED) is 0.872. The van der Waals surface area contributed by atoms with Gasteiger partial charge in [-0.25, -0.2) is 8.42 Å². The van der Waals surface area contributed by atoms with Crippen LogP contribution < -0.4 is 0 Å². The maximum Gasteiger partial charge on any atom is 0.305 e. The molecule has 3 rings (SSSR count). The van der Waals surface area contributed by atoms with E-state index in [-0.39, 0.29) is 27.9 Å². The largest absolute Gasteiger partial charge is 0.481 e. The van der Waals surface area contributed by atoms with Crippen molar-refractivity contribution in [3.8, 4) is 0 Å². The number of carboxylic acids is 1. The second kappa shape index (κ2) is 6.40. The van der Waals surface area contributed by atoms with Gasteiger partial charge >= 0.3 is 5.97 Å². The van der Waals surface area contributed by atoms with Crippen molar-refractivity contribution in [1.29, 1.82) is 0 Å². The van der Waals surface area contributed by atoms with Gasteiger partial charge in [0.2, 0.25) is 10.0 Å². The number of aromatic nitrogens is 1. The topological polar surface area (TPSA) is 79.6 Å². The van der Waals surface area contributed by atoms with E-state index in [4.69, 9.17) is 23.2 Å². The molecular formula is C15H14Cl2N2O4S. The van der Waals surface area contributed by atoms with Gasteiger partial charge in [0.1, 0.15) is 0 Å². The van der Waals surface area contributed by atoms with Crippen molar-refractivity contribution in [3.05, 3.63) is 52.3 Å². The predicted octanol–water partition coefficient (Wildman–Crippen LogP) is 3.02. The van der Waals surface area contributed by atoms with Crippen LogP contribution in [0.4, 0.5) is 0 Å². The molecule has 0 fully saturated rings. The third-order valence-electron chi connectivity index (χ3n) is 3.98. The second-order valence-electron chi connectivity index (χ2n) is 5.43. The number of benzene rings is 1. The van der Waals surface area contributed by atoms with Gasteiger partial charge in [0.25, 0.3) is 0 Å². The summed E-state index contributed by atoms with van der Waals surface area (Å²) >= 11 is 11.8. The van der Waals surface area contributed by atoms with Crippen LogP contribution in [0, 0.1) is 0 Å². The van der Waals surface area contributed by atoms with Crippen molar-refractivity contribution in [3.63, 3.8) is 0 Å². The summed E-state index contributed by atoms with van der Waals surface area (Å²) < 4.78 is 29.1. The molecule has 1 N–H and O–H groups in total.